The van der Waals surface area contributed by atoms with Crippen LogP contribution < -0.4 is 4.74 Å². The second kappa shape index (κ2) is 5.30. The predicted octanol–water partition coefficient (Wildman–Crippen LogP) is -0.170. The average Bonchev–Trinajstić information content (AvgIpc) is 2.61. The van der Waals surface area contributed by atoms with Crippen molar-refractivity contribution in [3.8, 4) is 5.75 Å². The summed E-state index contributed by atoms with van der Waals surface area (Å²) in [6.45, 7) is 0. The third kappa shape index (κ3) is 3.11. The molecule has 0 aromatic heterocycles. The molecule has 1 aliphatic rings. The lowest BCUT2D eigenvalue weighted by Gasteiger charge is -2.17. The highest BCUT2D eigenvalue weighted by Crippen LogP contribution is 2.30. The van der Waals surface area contributed by atoms with Gasteiger partial charge in [-0.3, -0.25) is 10.1 Å². The molecule has 2 atom stereocenters. The van der Waals surface area contributed by atoms with Crippen LogP contribution in [0.15, 0.2) is 18.2 Å². The molecule has 114 valence electrons. The number of aliphatic hydroxyl groups is 1. The van der Waals surface area contributed by atoms with Gasteiger partial charge in [-0.1, -0.05) is 6.07 Å². The Morgan fingerprint density at radius 2 is 2.05 bits per heavy atom. The molecule has 1 aliphatic heterocycles. The number of hydrogen-bond donors (Lipinski definition) is 2. The van der Waals surface area contributed by atoms with Crippen LogP contribution in [0.5, 0.6) is 5.75 Å². The number of carbonyl (C=O) groups is 1. The number of ether oxygens (including phenoxy) is 1. The van der Waals surface area contributed by atoms with Crippen molar-refractivity contribution in [2.24, 2.45) is 0 Å². The molecular formula is C11H11NO8S. The molecule has 0 amide bonds. The fourth-order valence-electron chi connectivity index (χ4n) is 2.06. The molecule has 21 heavy (non-hydrogen) atoms. The third-order valence-corrected chi connectivity index (χ3v) is 4.65. The summed E-state index contributed by atoms with van der Waals surface area (Å²) in [5, 5.41) is 29.5. The number of sulfone groups is 1. The van der Waals surface area contributed by atoms with Gasteiger partial charge in [-0.15, -0.1) is 0 Å². The molecule has 9 nitrogen and oxygen atoms in total. The maximum absolute atomic E-state index is 11.4. The molecule has 0 saturated carbocycles. The second-order valence-corrected chi connectivity index (χ2v) is 6.67. The summed E-state index contributed by atoms with van der Waals surface area (Å²) in [5.74, 6) is -2.89. The highest BCUT2D eigenvalue weighted by molar-refractivity contribution is 7.91. The van der Waals surface area contributed by atoms with E-state index in [1.54, 1.807) is 0 Å². The molecule has 1 saturated heterocycles. The number of aromatic carboxylic acids is 1. The second-order valence-electron chi connectivity index (χ2n) is 4.51. The van der Waals surface area contributed by atoms with Gasteiger partial charge in [0.05, 0.1) is 16.4 Å². The van der Waals surface area contributed by atoms with Crippen LogP contribution in [0.1, 0.15) is 10.4 Å². The van der Waals surface area contributed by atoms with Crippen molar-refractivity contribution in [2.75, 3.05) is 11.5 Å². The van der Waals surface area contributed by atoms with E-state index in [9.17, 15) is 28.4 Å². The standard InChI is InChI=1S/C11H11NO8S/c13-7-4-21(18,19)5-9(7)20-8-3-1-2-6(12(16)17)10(8)11(14)15/h1-3,7,9,13H,4-5H2,(H,14,15). The number of hydrogen-bond acceptors (Lipinski definition) is 7. The summed E-state index contributed by atoms with van der Waals surface area (Å²) in [5.41, 5.74) is -1.35. The van der Waals surface area contributed by atoms with Crippen molar-refractivity contribution >= 4 is 21.5 Å². The molecule has 0 bridgehead atoms. The van der Waals surface area contributed by atoms with E-state index in [1.807, 2.05) is 0 Å². The van der Waals surface area contributed by atoms with E-state index in [0.29, 0.717) is 0 Å². The van der Waals surface area contributed by atoms with E-state index in [-0.39, 0.29) is 5.75 Å². The molecule has 1 aromatic rings. The molecule has 2 rings (SSSR count). The quantitative estimate of drug-likeness (QED) is 0.575. The summed E-state index contributed by atoms with van der Waals surface area (Å²) < 4.78 is 27.9. The maximum atomic E-state index is 11.4. The van der Waals surface area contributed by atoms with Gasteiger partial charge < -0.3 is 14.9 Å². The minimum atomic E-state index is -3.48. The van der Waals surface area contributed by atoms with Gasteiger partial charge in [-0.25, -0.2) is 13.2 Å². The lowest BCUT2D eigenvalue weighted by atomic mass is 10.1. The molecule has 0 aliphatic carbocycles. The van der Waals surface area contributed by atoms with Gasteiger partial charge in [0.2, 0.25) is 0 Å². The fraction of sp³-hybridized carbons (Fsp3) is 0.364. The van der Waals surface area contributed by atoms with Crippen molar-refractivity contribution < 1.29 is 33.1 Å². The normalized spacial score (nSPS) is 23.7. The average molecular weight is 317 g/mol. The maximum Gasteiger partial charge on any atom is 0.346 e. The van der Waals surface area contributed by atoms with Crippen LogP contribution in [-0.2, 0) is 9.84 Å². The number of nitro benzene ring substituents is 1. The van der Waals surface area contributed by atoms with Crippen LogP contribution in [0.2, 0.25) is 0 Å². The first kappa shape index (κ1) is 15.2. The van der Waals surface area contributed by atoms with E-state index in [0.717, 1.165) is 6.07 Å². The van der Waals surface area contributed by atoms with Crippen molar-refractivity contribution in [1.82, 2.24) is 0 Å². The summed E-state index contributed by atoms with van der Waals surface area (Å²) in [7, 11) is -3.48. The van der Waals surface area contributed by atoms with E-state index >= 15 is 0 Å². The van der Waals surface area contributed by atoms with Crippen LogP contribution in [0.25, 0.3) is 0 Å². The van der Waals surface area contributed by atoms with Gasteiger partial charge in [-0.2, -0.15) is 0 Å². The molecule has 2 unspecified atom stereocenters. The highest BCUT2D eigenvalue weighted by atomic mass is 32.2. The van der Waals surface area contributed by atoms with Crippen molar-refractivity contribution in [1.29, 1.82) is 0 Å². The molecule has 1 aromatic carbocycles. The van der Waals surface area contributed by atoms with Gasteiger partial charge in [0.25, 0.3) is 5.69 Å². The largest absolute Gasteiger partial charge is 0.485 e. The summed E-state index contributed by atoms with van der Waals surface area (Å²) in [6, 6.07) is 3.39. The first-order valence-corrected chi connectivity index (χ1v) is 7.59. The molecule has 1 heterocycles. The minimum Gasteiger partial charge on any atom is -0.485 e. The SMILES string of the molecule is O=C(O)c1c(OC2CS(=O)(=O)CC2O)cccc1[N+](=O)[O-]. The zero-order chi connectivity index (χ0) is 15.8. The smallest absolute Gasteiger partial charge is 0.346 e. The number of rotatable bonds is 4. The lowest BCUT2D eigenvalue weighted by molar-refractivity contribution is -0.385. The Labute approximate surface area is 118 Å². The number of aliphatic hydroxyl groups excluding tert-OH is 1. The molecular weight excluding hydrogens is 306 g/mol. The first-order valence-electron chi connectivity index (χ1n) is 5.77. The van der Waals surface area contributed by atoms with Crippen molar-refractivity contribution in [2.45, 2.75) is 12.2 Å². The zero-order valence-corrected chi connectivity index (χ0v) is 11.3. The molecule has 2 N–H and O–H groups in total. The van der Waals surface area contributed by atoms with Crippen LogP contribution in [-0.4, -0.2) is 53.2 Å². The molecule has 1 fully saturated rings. The monoisotopic (exact) mass is 317 g/mol. The summed E-state index contributed by atoms with van der Waals surface area (Å²) >= 11 is 0. The van der Waals surface area contributed by atoms with E-state index in [4.69, 9.17) is 9.84 Å². The van der Waals surface area contributed by atoms with Gasteiger partial charge in [0.1, 0.15) is 18.0 Å². The van der Waals surface area contributed by atoms with Crippen LogP contribution in [0, 0.1) is 10.1 Å². The number of benzene rings is 1. The van der Waals surface area contributed by atoms with E-state index in [1.165, 1.54) is 12.1 Å². The van der Waals surface area contributed by atoms with Crippen molar-refractivity contribution in [3.05, 3.63) is 33.9 Å². The summed E-state index contributed by atoms with van der Waals surface area (Å²) in [6.07, 6.45) is -2.47. The Hall–Kier alpha value is -2.20. The van der Waals surface area contributed by atoms with Crippen LogP contribution in [0.4, 0.5) is 5.69 Å². The molecule has 0 radical (unpaired) electrons. The fourth-order valence-corrected chi connectivity index (χ4v) is 3.72. The van der Waals surface area contributed by atoms with Gasteiger partial charge in [0, 0.05) is 6.07 Å². The highest BCUT2D eigenvalue weighted by Gasteiger charge is 2.39. The summed E-state index contributed by atoms with van der Waals surface area (Å²) in [4.78, 5) is 21.1. The molecule has 10 heteroatoms. The van der Waals surface area contributed by atoms with Crippen LogP contribution >= 0.6 is 0 Å². The minimum absolute atomic E-state index is 0.349. The van der Waals surface area contributed by atoms with E-state index in [2.05, 4.69) is 0 Å². The van der Waals surface area contributed by atoms with Gasteiger partial charge >= 0.3 is 5.97 Å². The Morgan fingerprint density at radius 1 is 1.38 bits per heavy atom. The molecule has 0 spiro atoms. The Morgan fingerprint density at radius 3 is 2.52 bits per heavy atom. The van der Waals surface area contributed by atoms with E-state index < -0.39 is 55.7 Å². The zero-order valence-electron chi connectivity index (χ0n) is 10.5. The Kier molecular flexibility index (Phi) is 3.83. The Balaban J connectivity index is 2.39. The first-order chi connectivity index (χ1) is 9.71. The van der Waals surface area contributed by atoms with Gasteiger partial charge in [-0.05, 0) is 6.07 Å². The topological polar surface area (TPSA) is 144 Å². The van der Waals surface area contributed by atoms with Crippen LogP contribution in [0.3, 0.4) is 0 Å². The lowest BCUT2D eigenvalue weighted by Crippen LogP contribution is -2.30. The number of nitro groups is 1. The number of nitrogens with zero attached hydrogens (tertiary/aromatic N) is 1. The number of carboxylic acid groups (broad SMARTS) is 1. The predicted molar refractivity (Wildman–Crippen MR) is 69.1 cm³/mol. The Bertz CT molecular complexity index is 698. The van der Waals surface area contributed by atoms with Gasteiger partial charge in [0.15, 0.2) is 15.4 Å². The number of carboxylic acids is 1. The third-order valence-electron chi connectivity index (χ3n) is 2.97. The van der Waals surface area contributed by atoms with Crippen molar-refractivity contribution in [3.63, 3.8) is 0 Å².